The molecule has 1 aliphatic rings. The van der Waals surface area contributed by atoms with E-state index in [9.17, 15) is 5.11 Å². The number of para-hydroxylation sites is 1. The van der Waals surface area contributed by atoms with Gasteiger partial charge in [0.1, 0.15) is 5.75 Å². The number of hydrogen-bond acceptors (Lipinski definition) is 7. The van der Waals surface area contributed by atoms with E-state index in [4.69, 9.17) is 4.99 Å². The van der Waals surface area contributed by atoms with Crippen molar-refractivity contribution in [1.29, 1.82) is 0 Å². The van der Waals surface area contributed by atoms with Crippen molar-refractivity contribution >= 4 is 49.3 Å². The van der Waals surface area contributed by atoms with Crippen molar-refractivity contribution in [2.45, 2.75) is 18.9 Å². The van der Waals surface area contributed by atoms with Crippen LogP contribution in [0, 0.1) is 0 Å². The van der Waals surface area contributed by atoms with Crippen LogP contribution in [0.2, 0.25) is 0 Å². The first kappa shape index (κ1) is 20.8. The second kappa shape index (κ2) is 9.63. The summed E-state index contributed by atoms with van der Waals surface area (Å²) in [6.07, 6.45) is 1.94. The molecule has 0 bridgehead atoms. The second-order valence-electron chi connectivity index (χ2n) is 7.66. The van der Waals surface area contributed by atoms with E-state index in [2.05, 4.69) is 45.9 Å². The highest BCUT2D eigenvalue weighted by Crippen LogP contribution is 2.31. The fourth-order valence-corrected chi connectivity index (χ4v) is 5.47. The third-order valence-corrected chi connectivity index (χ3v) is 7.28. The first-order valence-corrected chi connectivity index (χ1v) is 12.5. The quantitative estimate of drug-likeness (QED) is 0.315. The lowest BCUT2D eigenvalue weighted by molar-refractivity contribution is 0.475. The molecule has 3 N–H and O–H groups in total. The van der Waals surface area contributed by atoms with Gasteiger partial charge in [-0.05, 0) is 60.4 Å². The van der Waals surface area contributed by atoms with Gasteiger partial charge in [-0.2, -0.15) is 0 Å². The number of nitrogens with one attached hydrogen (secondary N) is 2. The number of thiazole rings is 1. The maximum absolute atomic E-state index is 9.51. The van der Waals surface area contributed by atoms with Crippen LogP contribution in [0.5, 0.6) is 5.75 Å². The van der Waals surface area contributed by atoms with Gasteiger partial charge in [-0.1, -0.05) is 59.5 Å². The summed E-state index contributed by atoms with van der Waals surface area (Å²) < 4.78 is 1.21. The number of aromatic hydroxyl groups is 1. The molecule has 5 nitrogen and oxygen atoms in total. The van der Waals surface area contributed by atoms with Crippen molar-refractivity contribution in [2.75, 3.05) is 22.9 Å². The number of nitrogens with zero attached hydrogens (tertiary/aromatic N) is 2. The number of fused-ring (bicyclic) bond motifs is 1. The summed E-state index contributed by atoms with van der Waals surface area (Å²) in [7, 11) is 0. The molecule has 1 atom stereocenters. The third kappa shape index (κ3) is 5.06. The molecule has 162 valence electrons. The molecule has 1 aromatic heterocycles. The van der Waals surface area contributed by atoms with Crippen molar-refractivity contribution in [1.82, 2.24) is 4.98 Å². The molecule has 5 rings (SSSR count). The molecule has 0 spiro atoms. The molecule has 2 heterocycles. The number of amidine groups is 1. The third-order valence-electron chi connectivity index (χ3n) is 5.37. The summed E-state index contributed by atoms with van der Waals surface area (Å²) in [5, 5.41) is 18.3. The summed E-state index contributed by atoms with van der Waals surface area (Å²) in [4.78, 5) is 9.50. The summed E-state index contributed by atoms with van der Waals surface area (Å²) in [5.74, 6) is 1.31. The van der Waals surface area contributed by atoms with E-state index in [1.54, 1.807) is 35.2 Å². The van der Waals surface area contributed by atoms with Crippen LogP contribution in [0.3, 0.4) is 0 Å². The Morgan fingerprint density at radius 3 is 2.59 bits per heavy atom. The standard InChI is InChI=1S/C25H24N4OS2/c30-20-11-7-18(8-12-20)21-14-16-31-25(28-21)27-19-9-5-17(6-10-19)13-15-26-24-29-22-3-1-2-4-23(22)32-24/h1-12,21,30H,13-16H2,(H,26,29)(H,27,28). The Morgan fingerprint density at radius 1 is 0.969 bits per heavy atom. The predicted molar refractivity (Wildman–Crippen MR) is 137 cm³/mol. The molecule has 4 aromatic rings. The Morgan fingerprint density at radius 2 is 1.78 bits per heavy atom. The molecule has 0 saturated carbocycles. The lowest BCUT2D eigenvalue weighted by Crippen LogP contribution is -2.16. The van der Waals surface area contributed by atoms with E-state index in [0.717, 1.165) is 52.2 Å². The number of benzene rings is 3. The van der Waals surface area contributed by atoms with Gasteiger partial charge in [0.05, 0.1) is 16.3 Å². The van der Waals surface area contributed by atoms with Crippen LogP contribution in [-0.4, -0.2) is 27.6 Å². The van der Waals surface area contributed by atoms with Gasteiger partial charge in [-0.25, -0.2) is 4.98 Å². The highest BCUT2D eigenvalue weighted by Gasteiger charge is 2.17. The number of anilines is 2. The van der Waals surface area contributed by atoms with Gasteiger partial charge in [-0.3, -0.25) is 4.99 Å². The minimum atomic E-state index is 0.132. The van der Waals surface area contributed by atoms with Crippen LogP contribution in [0.25, 0.3) is 10.2 Å². The Bertz CT molecular complexity index is 1190. The van der Waals surface area contributed by atoms with Crippen molar-refractivity contribution in [3.63, 3.8) is 0 Å². The van der Waals surface area contributed by atoms with Crippen LogP contribution in [0.1, 0.15) is 23.6 Å². The first-order valence-electron chi connectivity index (χ1n) is 10.7. The molecule has 0 fully saturated rings. The molecule has 0 amide bonds. The van der Waals surface area contributed by atoms with Crippen LogP contribution in [-0.2, 0) is 6.42 Å². The van der Waals surface area contributed by atoms with Gasteiger partial charge < -0.3 is 15.7 Å². The van der Waals surface area contributed by atoms with Crippen LogP contribution in [0.15, 0.2) is 77.8 Å². The number of rotatable bonds is 6. The van der Waals surface area contributed by atoms with E-state index in [1.807, 2.05) is 30.3 Å². The zero-order valence-electron chi connectivity index (χ0n) is 17.5. The Hall–Kier alpha value is -3.03. The molecular formula is C25H24N4OS2. The minimum Gasteiger partial charge on any atom is -0.508 e. The Kier molecular flexibility index (Phi) is 6.27. The molecule has 0 aliphatic carbocycles. The molecule has 1 unspecified atom stereocenters. The topological polar surface area (TPSA) is 69.5 Å². The van der Waals surface area contributed by atoms with Crippen LogP contribution in [0.4, 0.5) is 10.8 Å². The largest absolute Gasteiger partial charge is 0.508 e. The van der Waals surface area contributed by atoms with E-state index < -0.39 is 0 Å². The fraction of sp³-hybridized carbons (Fsp3) is 0.200. The molecule has 0 radical (unpaired) electrons. The molecular weight excluding hydrogens is 436 g/mol. The lowest BCUT2D eigenvalue weighted by Gasteiger charge is -2.21. The highest BCUT2D eigenvalue weighted by molar-refractivity contribution is 8.14. The zero-order valence-corrected chi connectivity index (χ0v) is 19.1. The van der Waals surface area contributed by atoms with E-state index in [1.165, 1.54) is 10.3 Å². The number of thioether (sulfide) groups is 1. The second-order valence-corrected chi connectivity index (χ2v) is 9.78. The Balaban J connectivity index is 1.16. The van der Waals surface area contributed by atoms with Crippen molar-refractivity contribution in [3.05, 3.63) is 83.9 Å². The lowest BCUT2D eigenvalue weighted by atomic mass is 10.1. The Labute approximate surface area is 195 Å². The van der Waals surface area contributed by atoms with Crippen molar-refractivity contribution < 1.29 is 5.11 Å². The summed E-state index contributed by atoms with van der Waals surface area (Å²) in [6, 6.07) is 24.2. The van der Waals surface area contributed by atoms with Crippen LogP contribution < -0.4 is 10.6 Å². The number of aliphatic imine (C=N–C) groups is 1. The SMILES string of the molecule is Oc1ccc(C2CCSC(Nc3ccc(CCNc4nc5ccccc5s4)cc3)=N2)cc1. The predicted octanol–water partition coefficient (Wildman–Crippen LogP) is 6.30. The monoisotopic (exact) mass is 460 g/mol. The van der Waals surface area contributed by atoms with Crippen molar-refractivity contribution in [2.24, 2.45) is 4.99 Å². The number of hydrogen-bond donors (Lipinski definition) is 3. The highest BCUT2D eigenvalue weighted by atomic mass is 32.2. The number of phenols is 1. The molecule has 3 aromatic carbocycles. The van der Waals surface area contributed by atoms with Gasteiger partial charge in [0.25, 0.3) is 0 Å². The molecule has 32 heavy (non-hydrogen) atoms. The van der Waals surface area contributed by atoms with Gasteiger partial charge in [0.15, 0.2) is 10.3 Å². The molecule has 7 heteroatoms. The maximum atomic E-state index is 9.51. The summed E-state index contributed by atoms with van der Waals surface area (Å²) in [5.41, 5.74) is 4.51. The van der Waals surface area contributed by atoms with Gasteiger partial charge in [0.2, 0.25) is 0 Å². The first-order chi connectivity index (χ1) is 15.7. The van der Waals surface area contributed by atoms with Gasteiger partial charge in [0, 0.05) is 18.0 Å². The zero-order chi connectivity index (χ0) is 21.8. The normalized spacial score (nSPS) is 16.0. The van der Waals surface area contributed by atoms with Crippen LogP contribution >= 0.6 is 23.1 Å². The molecule has 1 aliphatic heterocycles. The van der Waals surface area contributed by atoms with E-state index >= 15 is 0 Å². The average Bonchev–Trinajstić information content (AvgIpc) is 3.24. The van der Waals surface area contributed by atoms with E-state index in [0.29, 0.717) is 0 Å². The average molecular weight is 461 g/mol. The number of aromatic nitrogens is 1. The number of phenolic OH excluding ortho intramolecular Hbond substituents is 1. The fourth-order valence-electron chi connectivity index (χ4n) is 3.66. The van der Waals surface area contributed by atoms with E-state index in [-0.39, 0.29) is 11.8 Å². The van der Waals surface area contributed by atoms with Gasteiger partial charge >= 0.3 is 0 Å². The minimum absolute atomic E-state index is 0.132. The maximum Gasteiger partial charge on any atom is 0.183 e. The smallest absolute Gasteiger partial charge is 0.183 e. The summed E-state index contributed by atoms with van der Waals surface area (Å²) in [6.45, 7) is 0.851. The summed E-state index contributed by atoms with van der Waals surface area (Å²) >= 11 is 3.44. The van der Waals surface area contributed by atoms with Crippen molar-refractivity contribution in [3.8, 4) is 5.75 Å². The van der Waals surface area contributed by atoms with Gasteiger partial charge in [-0.15, -0.1) is 0 Å². The molecule has 0 saturated heterocycles.